The molecule has 0 aromatic carbocycles. The number of carbonyl (C=O) groups is 2. The summed E-state index contributed by atoms with van der Waals surface area (Å²) in [6.07, 6.45) is 85.2. The molecule has 0 fully saturated rings. The maximum absolute atomic E-state index is 12.8. The minimum Gasteiger partial charge on any atom is -0.462 e. The lowest BCUT2D eigenvalue weighted by Crippen LogP contribution is -2.30. The highest BCUT2D eigenvalue weighted by Crippen LogP contribution is 2.10. The molecule has 0 aliphatic heterocycles. The van der Waals surface area contributed by atoms with Crippen molar-refractivity contribution in [3.05, 3.63) is 170 Å². The SMILES string of the molecule is CC/C=C\C/C=C\C/C=C\C/C=C\C/C=C\C/C=C\CCCOCC(COC(=O)CCCCC/C=C\C/C=C\C/C=C\C/C=C\C/C=C\CC)OC(=O)CCCCC/C=C\C/C=C\C/C=C\CC. The molecule has 0 aromatic heterocycles. The van der Waals surface area contributed by atoms with Gasteiger partial charge in [0, 0.05) is 19.4 Å². The standard InChI is InChI=1S/C63H96O5/c1-4-7-10-13-16-19-22-25-27-29-31-33-35-37-40-43-46-49-52-55-58-66-59-61(68-63(65)57-54-51-48-45-42-38-24-21-18-15-12-9-6-3)60-67-62(64)56-53-50-47-44-41-39-36-34-32-30-28-26-23-20-17-14-11-8-5-2/h7-12,16-21,25-28,31-34,37-42,46,49,61H,4-6,13-15,22-24,29-30,35-36,43-45,47-48,50-60H2,1-3H3/b10-7-,11-8-,12-9-,19-16-,20-17-,21-18-,27-25-,28-26-,33-31-,34-32-,40-37-,41-39-,42-38-,49-46-. The Kier molecular flexibility index (Phi) is 52.6. The molecule has 0 radical (unpaired) electrons. The van der Waals surface area contributed by atoms with Crippen LogP contribution in [-0.4, -0.2) is 37.9 Å². The van der Waals surface area contributed by atoms with Crippen molar-refractivity contribution in [2.75, 3.05) is 19.8 Å². The van der Waals surface area contributed by atoms with Crippen LogP contribution in [0.3, 0.4) is 0 Å². The van der Waals surface area contributed by atoms with Gasteiger partial charge in [0.1, 0.15) is 6.61 Å². The van der Waals surface area contributed by atoms with Gasteiger partial charge in [0.05, 0.1) is 6.61 Å². The predicted molar refractivity (Wildman–Crippen MR) is 297 cm³/mol. The number of unbranched alkanes of at least 4 members (excludes halogenated alkanes) is 7. The Hall–Kier alpha value is -4.74. The molecule has 0 saturated carbocycles. The second-order valence-electron chi connectivity index (χ2n) is 16.6. The lowest BCUT2D eigenvalue weighted by atomic mass is 10.1. The van der Waals surface area contributed by atoms with Crippen LogP contribution >= 0.6 is 0 Å². The summed E-state index contributed by atoms with van der Waals surface area (Å²) in [6, 6.07) is 0. The molecule has 0 aliphatic rings. The fourth-order valence-corrected chi connectivity index (χ4v) is 6.39. The maximum Gasteiger partial charge on any atom is 0.306 e. The van der Waals surface area contributed by atoms with E-state index in [0.29, 0.717) is 19.4 Å². The Morgan fingerprint density at radius 2 is 0.618 bits per heavy atom. The maximum atomic E-state index is 12.8. The summed E-state index contributed by atoms with van der Waals surface area (Å²) in [5.41, 5.74) is 0. The third-order valence-electron chi connectivity index (χ3n) is 10.2. The molecule has 5 nitrogen and oxygen atoms in total. The van der Waals surface area contributed by atoms with Gasteiger partial charge < -0.3 is 14.2 Å². The van der Waals surface area contributed by atoms with E-state index < -0.39 is 6.10 Å². The zero-order valence-corrected chi connectivity index (χ0v) is 43.3. The third kappa shape index (κ3) is 53.9. The van der Waals surface area contributed by atoms with Gasteiger partial charge in [-0.3, -0.25) is 9.59 Å². The molecule has 0 rings (SSSR count). The van der Waals surface area contributed by atoms with E-state index in [1.165, 1.54) is 0 Å². The molecule has 0 aliphatic carbocycles. The molecule has 0 aromatic rings. The smallest absolute Gasteiger partial charge is 0.306 e. The summed E-state index contributed by atoms with van der Waals surface area (Å²) in [6.45, 7) is 7.24. The van der Waals surface area contributed by atoms with Gasteiger partial charge in [0.15, 0.2) is 6.10 Å². The number of esters is 2. The Morgan fingerprint density at radius 1 is 0.324 bits per heavy atom. The average molecular weight is 933 g/mol. The van der Waals surface area contributed by atoms with E-state index >= 15 is 0 Å². The van der Waals surface area contributed by atoms with Crippen LogP contribution in [0.5, 0.6) is 0 Å². The van der Waals surface area contributed by atoms with Crippen molar-refractivity contribution < 1.29 is 23.8 Å². The zero-order chi connectivity index (χ0) is 49.2. The van der Waals surface area contributed by atoms with Crippen LogP contribution in [-0.2, 0) is 23.8 Å². The summed E-state index contributed by atoms with van der Waals surface area (Å²) in [4.78, 5) is 25.4. The summed E-state index contributed by atoms with van der Waals surface area (Å²) < 4.78 is 17.3. The highest BCUT2D eigenvalue weighted by atomic mass is 16.6. The quantitative estimate of drug-likeness (QED) is 0.0346. The van der Waals surface area contributed by atoms with E-state index in [0.717, 1.165) is 154 Å². The molecular weight excluding hydrogens is 837 g/mol. The molecule has 0 spiro atoms. The summed E-state index contributed by atoms with van der Waals surface area (Å²) in [7, 11) is 0. The first kappa shape index (κ1) is 63.3. The number of ether oxygens (including phenoxy) is 3. The molecule has 0 heterocycles. The number of allylic oxidation sites excluding steroid dienone is 28. The van der Waals surface area contributed by atoms with Gasteiger partial charge in [-0.2, -0.15) is 0 Å². The minimum absolute atomic E-state index is 0.0197. The van der Waals surface area contributed by atoms with Crippen molar-refractivity contribution in [2.45, 2.75) is 194 Å². The Labute approximate surface area is 417 Å². The number of carbonyl (C=O) groups excluding carboxylic acids is 2. The van der Waals surface area contributed by atoms with Crippen LogP contribution in [0.4, 0.5) is 0 Å². The Balaban J connectivity index is 4.51. The van der Waals surface area contributed by atoms with Crippen molar-refractivity contribution >= 4 is 11.9 Å². The largest absolute Gasteiger partial charge is 0.462 e. The molecule has 0 bridgehead atoms. The number of rotatable bonds is 46. The van der Waals surface area contributed by atoms with Crippen molar-refractivity contribution in [1.82, 2.24) is 0 Å². The van der Waals surface area contributed by atoms with E-state index in [9.17, 15) is 9.59 Å². The molecule has 1 unspecified atom stereocenters. The van der Waals surface area contributed by atoms with Crippen molar-refractivity contribution in [3.8, 4) is 0 Å². The average Bonchev–Trinajstić information content (AvgIpc) is 3.34. The van der Waals surface area contributed by atoms with E-state index in [2.05, 4.69) is 191 Å². The lowest BCUT2D eigenvalue weighted by Gasteiger charge is -2.18. The van der Waals surface area contributed by atoms with Crippen molar-refractivity contribution in [3.63, 3.8) is 0 Å². The van der Waals surface area contributed by atoms with E-state index in [4.69, 9.17) is 14.2 Å². The van der Waals surface area contributed by atoms with Gasteiger partial charge in [-0.05, 0) is 141 Å². The van der Waals surface area contributed by atoms with E-state index in [1.807, 2.05) is 0 Å². The lowest BCUT2D eigenvalue weighted by molar-refractivity contribution is -0.163. The molecule has 0 saturated heterocycles. The first-order chi connectivity index (χ1) is 33.6. The second kappa shape index (κ2) is 56.6. The predicted octanol–water partition coefficient (Wildman–Crippen LogP) is 18.4. The molecule has 0 N–H and O–H groups in total. The molecular formula is C63H96O5. The van der Waals surface area contributed by atoms with Crippen LogP contribution in [0.15, 0.2) is 170 Å². The van der Waals surface area contributed by atoms with Crippen LogP contribution in [0, 0.1) is 0 Å². The first-order valence-corrected chi connectivity index (χ1v) is 26.7. The highest BCUT2D eigenvalue weighted by Gasteiger charge is 2.17. The monoisotopic (exact) mass is 933 g/mol. The van der Waals surface area contributed by atoms with Crippen molar-refractivity contribution in [1.29, 1.82) is 0 Å². The summed E-state index contributed by atoms with van der Waals surface area (Å²) in [5.74, 6) is -0.518. The van der Waals surface area contributed by atoms with E-state index in [-0.39, 0.29) is 25.2 Å². The summed E-state index contributed by atoms with van der Waals surface area (Å²) >= 11 is 0. The number of hydrogen-bond acceptors (Lipinski definition) is 5. The minimum atomic E-state index is -0.610. The fraction of sp³-hybridized carbons (Fsp3) is 0.524. The second-order valence-corrected chi connectivity index (χ2v) is 16.6. The normalized spacial score (nSPS) is 13.6. The molecule has 0 amide bonds. The molecule has 378 valence electrons. The zero-order valence-electron chi connectivity index (χ0n) is 43.3. The van der Waals surface area contributed by atoms with Crippen molar-refractivity contribution in [2.24, 2.45) is 0 Å². The number of hydrogen-bond donors (Lipinski definition) is 0. The molecule has 68 heavy (non-hydrogen) atoms. The van der Waals surface area contributed by atoms with Gasteiger partial charge in [0.2, 0.25) is 0 Å². The van der Waals surface area contributed by atoms with Gasteiger partial charge in [0.25, 0.3) is 0 Å². The van der Waals surface area contributed by atoms with E-state index in [1.54, 1.807) is 0 Å². The van der Waals surface area contributed by atoms with Gasteiger partial charge in [-0.25, -0.2) is 0 Å². The molecule has 1 atom stereocenters. The first-order valence-electron chi connectivity index (χ1n) is 26.7. The fourth-order valence-electron chi connectivity index (χ4n) is 6.39. The van der Waals surface area contributed by atoms with Crippen LogP contribution < -0.4 is 0 Å². The van der Waals surface area contributed by atoms with Gasteiger partial charge in [-0.15, -0.1) is 0 Å². The van der Waals surface area contributed by atoms with Gasteiger partial charge in [-0.1, -0.05) is 204 Å². The van der Waals surface area contributed by atoms with Crippen LogP contribution in [0.25, 0.3) is 0 Å². The Bertz CT molecular complexity index is 1570. The van der Waals surface area contributed by atoms with Crippen LogP contribution in [0.1, 0.15) is 188 Å². The van der Waals surface area contributed by atoms with Gasteiger partial charge >= 0.3 is 11.9 Å². The van der Waals surface area contributed by atoms with Crippen LogP contribution in [0.2, 0.25) is 0 Å². The highest BCUT2D eigenvalue weighted by molar-refractivity contribution is 5.70. The summed E-state index contributed by atoms with van der Waals surface area (Å²) in [5, 5.41) is 0. The Morgan fingerprint density at radius 3 is 0.956 bits per heavy atom. The third-order valence-corrected chi connectivity index (χ3v) is 10.2. The topological polar surface area (TPSA) is 61.8 Å². The molecule has 5 heteroatoms.